The van der Waals surface area contributed by atoms with E-state index in [-0.39, 0.29) is 11.8 Å². The van der Waals surface area contributed by atoms with Crippen molar-refractivity contribution >= 4 is 23.2 Å². The minimum atomic E-state index is 0.131. The molecule has 2 aliphatic heterocycles. The first-order chi connectivity index (χ1) is 11.5. The van der Waals surface area contributed by atoms with Crippen LogP contribution in [0.2, 0.25) is 0 Å². The maximum absolute atomic E-state index is 11.0. The molecule has 0 unspecified atom stereocenters. The smallest absolute Gasteiger partial charge is 0.224 e. The van der Waals surface area contributed by atoms with Crippen LogP contribution in [0.1, 0.15) is 35.1 Å². The molecule has 4 rings (SSSR count). The van der Waals surface area contributed by atoms with Crippen LogP contribution in [-0.2, 0) is 22.4 Å². The highest BCUT2D eigenvalue weighted by molar-refractivity contribution is 5.94. The van der Waals surface area contributed by atoms with Crippen molar-refractivity contribution in [1.29, 1.82) is 0 Å². The Bertz CT molecular complexity index is 729. The molecule has 4 heteroatoms. The highest BCUT2D eigenvalue weighted by atomic mass is 16.2. The van der Waals surface area contributed by atoms with Gasteiger partial charge < -0.3 is 10.6 Å². The van der Waals surface area contributed by atoms with Crippen molar-refractivity contribution < 1.29 is 9.59 Å². The lowest BCUT2D eigenvalue weighted by Crippen LogP contribution is -2.18. The average Bonchev–Trinajstić information content (AvgIpc) is 2.56. The van der Waals surface area contributed by atoms with E-state index in [0.717, 1.165) is 24.2 Å². The van der Waals surface area contributed by atoms with E-state index in [0.29, 0.717) is 12.8 Å². The number of nitrogens with one attached hydrogen (secondary N) is 2. The Labute approximate surface area is 142 Å². The van der Waals surface area contributed by atoms with Gasteiger partial charge in [0, 0.05) is 24.2 Å². The molecule has 124 valence electrons. The van der Waals surface area contributed by atoms with E-state index in [1.165, 1.54) is 22.3 Å². The molecule has 0 saturated heterocycles. The molecule has 24 heavy (non-hydrogen) atoms. The standard InChI is InChI=1S/2C10H11NO/c2*1-7-2-4-9-8(6-7)3-5-10(12)11-9/h2*2,4,6H,3,5H2,1H3,(H,11,12). The quantitative estimate of drug-likeness (QED) is 0.776. The normalized spacial score (nSPS) is 15.2. The van der Waals surface area contributed by atoms with E-state index in [2.05, 4.69) is 36.6 Å². The summed E-state index contributed by atoms with van der Waals surface area (Å²) in [4.78, 5) is 22.0. The third kappa shape index (κ3) is 3.82. The van der Waals surface area contributed by atoms with Gasteiger partial charge >= 0.3 is 0 Å². The van der Waals surface area contributed by atoms with Crippen LogP contribution in [0.5, 0.6) is 0 Å². The molecule has 2 amide bonds. The van der Waals surface area contributed by atoms with Crippen molar-refractivity contribution in [2.45, 2.75) is 39.5 Å². The van der Waals surface area contributed by atoms with Crippen molar-refractivity contribution in [1.82, 2.24) is 0 Å². The zero-order valence-electron chi connectivity index (χ0n) is 14.1. The first-order valence-corrected chi connectivity index (χ1v) is 8.30. The molecule has 0 atom stereocenters. The van der Waals surface area contributed by atoms with Crippen molar-refractivity contribution in [3.63, 3.8) is 0 Å². The number of carbonyl (C=O) groups excluding carboxylic acids is 2. The first-order valence-electron chi connectivity index (χ1n) is 8.30. The molecule has 2 heterocycles. The fraction of sp³-hybridized carbons (Fsp3) is 0.300. The predicted molar refractivity (Wildman–Crippen MR) is 96.3 cm³/mol. The summed E-state index contributed by atoms with van der Waals surface area (Å²) in [6.07, 6.45) is 3.00. The van der Waals surface area contributed by atoms with Crippen molar-refractivity contribution in [3.8, 4) is 0 Å². The van der Waals surface area contributed by atoms with Gasteiger partial charge in [0.1, 0.15) is 0 Å². The maximum Gasteiger partial charge on any atom is 0.224 e. The topological polar surface area (TPSA) is 58.2 Å². The van der Waals surface area contributed by atoms with Crippen LogP contribution in [0, 0.1) is 13.8 Å². The Kier molecular flexibility index (Phi) is 4.65. The molecule has 0 radical (unpaired) electrons. The second-order valence-corrected chi connectivity index (χ2v) is 6.42. The molecular formula is C20H22N2O2. The number of fused-ring (bicyclic) bond motifs is 2. The molecule has 4 nitrogen and oxygen atoms in total. The molecule has 2 N–H and O–H groups in total. The highest BCUT2D eigenvalue weighted by Gasteiger charge is 2.14. The number of hydrogen-bond acceptors (Lipinski definition) is 2. The lowest BCUT2D eigenvalue weighted by atomic mass is 10.0. The van der Waals surface area contributed by atoms with Gasteiger partial charge in [0.05, 0.1) is 0 Å². The Morgan fingerprint density at radius 1 is 0.667 bits per heavy atom. The van der Waals surface area contributed by atoms with Crippen LogP contribution in [0.4, 0.5) is 11.4 Å². The largest absolute Gasteiger partial charge is 0.326 e. The third-order valence-electron chi connectivity index (χ3n) is 4.31. The van der Waals surface area contributed by atoms with Crippen LogP contribution in [-0.4, -0.2) is 11.8 Å². The Balaban J connectivity index is 0.000000141. The second kappa shape index (κ2) is 6.87. The molecule has 0 spiro atoms. The van der Waals surface area contributed by atoms with Crippen LogP contribution in [0.25, 0.3) is 0 Å². The predicted octanol–water partition coefficient (Wildman–Crippen LogP) is 3.76. The van der Waals surface area contributed by atoms with Gasteiger partial charge in [-0.05, 0) is 49.9 Å². The summed E-state index contributed by atoms with van der Waals surface area (Å²) >= 11 is 0. The number of anilines is 2. The summed E-state index contributed by atoms with van der Waals surface area (Å²) in [5, 5.41) is 5.70. The van der Waals surface area contributed by atoms with E-state index in [1.807, 2.05) is 24.3 Å². The highest BCUT2D eigenvalue weighted by Crippen LogP contribution is 2.23. The second-order valence-electron chi connectivity index (χ2n) is 6.42. The minimum absolute atomic E-state index is 0.131. The number of benzene rings is 2. The summed E-state index contributed by atoms with van der Waals surface area (Å²) < 4.78 is 0. The number of aryl methyl sites for hydroxylation is 4. The van der Waals surface area contributed by atoms with Crippen LogP contribution >= 0.6 is 0 Å². The van der Waals surface area contributed by atoms with E-state index in [9.17, 15) is 9.59 Å². The summed E-state index contributed by atoms with van der Waals surface area (Å²) in [6.45, 7) is 4.13. The molecule has 0 fully saturated rings. The number of carbonyl (C=O) groups is 2. The van der Waals surface area contributed by atoms with E-state index in [1.54, 1.807) is 0 Å². The van der Waals surface area contributed by atoms with Crippen molar-refractivity contribution in [2.75, 3.05) is 10.6 Å². The molecule has 2 aromatic rings. The lowest BCUT2D eigenvalue weighted by molar-refractivity contribution is -0.117. The average molecular weight is 322 g/mol. The lowest BCUT2D eigenvalue weighted by Gasteiger charge is -2.16. The summed E-state index contributed by atoms with van der Waals surface area (Å²) in [5.74, 6) is 0.262. The summed E-state index contributed by atoms with van der Waals surface area (Å²) in [6, 6.07) is 12.3. The van der Waals surface area contributed by atoms with Gasteiger partial charge in [-0.3, -0.25) is 9.59 Å². The SMILES string of the molecule is Cc1ccc2c(c1)CCC(=O)N2.Cc1ccc2c(c1)CCC(=O)N2. The van der Waals surface area contributed by atoms with Crippen LogP contribution < -0.4 is 10.6 Å². The molecule has 2 aliphatic rings. The zero-order valence-corrected chi connectivity index (χ0v) is 14.1. The Morgan fingerprint density at radius 2 is 1.08 bits per heavy atom. The van der Waals surface area contributed by atoms with Gasteiger partial charge in [-0.1, -0.05) is 35.4 Å². The molecule has 0 aromatic heterocycles. The maximum atomic E-state index is 11.0. The van der Waals surface area contributed by atoms with Gasteiger partial charge in [0.25, 0.3) is 0 Å². The van der Waals surface area contributed by atoms with Crippen LogP contribution in [0.3, 0.4) is 0 Å². The van der Waals surface area contributed by atoms with Gasteiger partial charge in [0.2, 0.25) is 11.8 Å². The summed E-state index contributed by atoms with van der Waals surface area (Å²) in [7, 11) is 0. The van der Waals surface area contributed by atoms with Gasteiger partial charge in [-0.15, -0.1) is 0 Å². The summed E-state index contributed by atoms with van der Waals surface area (Å²) in [5.41, 5.74) is 6.99. The Hall–Kier alpha value is -2.62. The number of rotatable bonds is 0. The number of amides is 2. The molecule has 0 bridgehead atoms. The van der Waals surface area contributed by atoms with E-state index < -0.39 is 0 Å². The fourth-order valence-electron chi connectivity index (χ4n) is 3.02. The van der Waals surface area contributed by atoms with Gasteiger partial charge in [-0.25, -0.2) is 0 Å². The molecule has 2 aromatic carbocycles. The van der Waals surface area contributed by atoms with Gasteiger partial charge in [-0.2, -0.15) is 0 Å². The van der Waals surface area contributed by atoms with Gasteiger partial charge in [0.15, 0.2) is 0 Å². The van der Waals surface area contributed by atoms with Crippen molar-refractivity contribution in [3.05, 3.63) is 58.7 Å². The van der Waals surface area contributed by atoms with E-state index in [4.69, 9.17) is 0 Å². The zero-order chi connectivity index (χ0) is 17.1. The minimum Gasteiger partial charge on any atom is -0.326 e. The van der Waals surface area contributed by atoms with E-state index >= 15 is 0 Å². The molecule has 0 aliphatic carbocycles. The monoisotopic (exact) mass is 322 g/mol. The molecule has 0 saturated carbocycles. The van der Waals surface area contributed by atoms with Crippen LogP contribution in [0.15, 0.2) is 36.4 Å². The third-order valence-corrected chi connectivity index (χ3v) is 4.31. The van der Waals surface area contributed by atoms with Crippen molar-refractivity contribution in [2.24, 2.45) is 0 Å². The first kappa shape index (κ1) is 16.2. The number of hydrogen-bond donors (Lipinski definition) is 2. The fourth-order valence-corrected chi connectivity index (χ4v) is 3.02. The Morgan fingerprint density at radius 3 is 1.50 bits per heavy atom. The molecular weight excluding hydrogens is 300 g/mol.